The number of hydrogen-bond acceptors (Lipinski definition) is 1. The van der Waals surface area contributed by atoms with Crippen LogP contribution >= 0.6 is 0 Å². The first-order chi connectivity index (χ1) is 4.20. The van der Waals surface area contributed by atoms with E-state index in [1.54, 1.807) is 0 Å². The second-order valence-electron chi connectivity index (χ2n) is 3.46. The van der Waals surface area contributed by atoms with Gasteiger partial charge in [-0.1, -0.05) is 13.8 Å². The van der Waals surface area contributed by atoms with Gasteiger partial charge in [0.25, 0.3) is 0 Å². The van der Waals surface area contributed by atoms with Crippen LogP contribution in [0.4, 0.5) is 0 Å². The van der Waals surface area contributed by atoms with E-state index in [4.69, 9.17) is 0 Å². The van der Waals surface area contributed by atoms with Crippen molar-refractivity contribution in [1.29, 1.82) is 0 Å². The molecule has 1 fully saturated rings. The predicted octanol–water partition coefficient (Wildman–Crippen LogP) is 1.80. The number of rotatable bonds is 0. The Balaban J connectivity index is 2.35. The summed E-state index contributed by atoms with van der Waals surface area (Å²) in [6.45, 7) is 4.41. The highest BCUT2D eigenvalue weighted by Crippen LogP contribution is 2.28. The molecule has 0 aromatic rings. The Hall–Kier alpha value is -0.0400. The summed E-state index contributed by atoms with van der Waals surface area (Å²) in [4.78, 5) is 0. The largest absolute Gasteiger partial charge is 0.393 e. The molecule has 2 unspecified atom stereocenters. The molecule has 1 aliphatic carbocycles. The molecule has 0 aromatic heterocycles. The Labute approximate surface area is 57.1 Å². The third-order valence-electron chi connectivity index (χ3n) is 2.39. The van der Waals surface area contributed by atoms with E-state index in [1.165, 1.54) is 12.8 Å². The lowest BCUT2D eigenvalue weighted by molar-refractivity contribution is 0.0611. The zero-order valence-electron chi connectivity index (χ0n) is 6.30. The molecule has 0 bridgehead atoms. The van der Waals surface area contributed by atoms with Gasteiger partial charge < -0.3 is 5.11 Å². The van der Waals surface area contributed by atoms with Gasteiger partial charge >= 0.3 is 0 Å². The number of hydrogen-bond donors (Lipinski definition) is 1. The van der Waals surface area contributed by atoms with Gasteiger partial charge in [-0.25, -0.2) is 0 Å². The number of aliphatic hydroxyl groups is 1. The fraction of sp³-hybridized carbons (Fsp3) is 1.00. The highest BCUT2D eigenvalue weighted by Gasteiger charge is 2.22. The molecule has 3 atom stereocenters. The topological polar surface area (TPSA) is 20.2 Å². The van der Waals surface area contributed by atoms with Crippen LogP contribution in [-0.4, -0.2) is 11.2 Å². The molecule has 0 saturated heterocycles. The Morgan fingerprint density at radius 2 is 1.89 bits per heavy atom. The lowest BCUT2D eigenvalue weighted by Crippen LogP contribution is -2.25. The summed E-state index contributed by atoms with van der Waals surface area (Å²) in [7, 11) is 0. The van der Waals surface area contributed by atoms with Gasteiger partial charge in [0.2, 0.25) is 0 Å². The Morgan fingerprint density at radius 3 is 2.33 bits per heavy atom. The van der Waals surface area contributed by atoms with Crippen LogP contribution in [0.5, 0.6) is 0 Å². The van der Waals surface area contributed by atoms with Gasteiger partial charge in [-0.05, 0) is 31.1 Å². The molecule has 1 rings (SSSR count). The molecule has 0 aromatic carbocycles. The van der Waals surface area contributed by atoms with Crippen molar-refractivity contribution in [3.05, 3.63) is 0 Å². The average Bonchev–Trinajstić information content (AvgIpc) is 1.80. The Morgan fingerprint density at radius 1 is 1.22 bits per heavy atom. The van der Waals surface area contributed by atoms with E-state index < -0.39 is 0 Å². The smallest absolute Gasteiger partial charge is 0.0566 e. The summed E-state index contributed by atoms with van der Waals surface area (Å²) in [6, 6.07) is 0. The molecule has 1 aliphatic rings. The maximum absolute atomic E-state index is 9.30. The van der Waals surface area contributed by atoms with Crippen LogP contribution in [0.2, 0.25) is 0 Å². The van der Waals surface area contributed by atoms with Crippen LogP contribution in [-0.2, 0) is 0 Å². The molecule has 1 nitrogen and oxygen atoms in total. The Kier molecular flexibility index (Phi) is 2.12. The van der Waals surface area contributed by atoms with Gasteiger partial charge in [-0.3, -0.25) is 0 Å². The van der Waals surface area contributed by atoms with Crippen molar-refractivity contribution in [2.75, 3.05) is 0 Å². The normalized spacial score (nSPS) is 45.0. The van der Waals surface area contributed by atoms with Crippen molar-refractivity contribution < 1.29 is 5.11 Å². The van der Waals surface area contributed by atoms with E-state index >= 15 is 0 Å². The molecule has 1 saturated carbocycles. The first-order valence-electron chi connectivity index (χ1n) is 3.88. The van der Waals surface area contributed by atoms with Gasteiger partial charge in [0.05, 0.1) is 6.10 Å². The van der Waals surface area contributed by atoms with Crippen LogP contribution in [0.25, 0.3) is 0 Å². The highest BCUT2D eigenvalue weighted by atomic mass is 16.3. The summed E-state index contributed by atoms with van der Waals surface area (Å²) in [5, 5.41) is 9.30. The standard InChI is InChI=1S/C8H16O/c1-6-3-4-8(9)7(2)5-6/h6-9H,3-5H2,1-2H3/t6?,7-,8?/m0/s1. The van der Waals surface area contributed by atoms with Gasteiger partial charge in [0, 0.05) is 0 Å². The highest BCUT2D eigenvalue weighted by molar-refractivity contribution is 4.74. The van der Waals surface area contributed by atoms with Crippen molar-refractivity contribution in [3.8, 4) is 0 Å². The summed E-state index contributed by atoms with van der Waals surface area (Å²) < 4.78 is 0. The average molecular weight is 128 g/mol. The second-order valence-corrected chi connectivity index (χ2v) is 3.46. The van der Waals surface area contributed by atoms with Crippen molar-refractivity contribution in [1.82, 2.24) is 0 Å². The SMILES string of the molecule is CC1CCC(O)[C@@H](C)C1. The van der Waals surface area contributed by atoms with Gasteiger partial charge in [0.1, 0.15) is 0 Å². The monoisotopic (exact) mass is 128 g/mol. The van der Waals surface area contributed by atoms with Crippen molar-refractivity contribution >= 4 is 0 Å². The van der Waals surface area contributed by atoms with Crippen molar-refractivity contribution in [3.63, 3.8) is 0 Å². The van der Waals surface area contributed by atoms with Crippen LogP contribution in [0, 0.1) is 11.8 Å². The van der Waals surface area contributed by atoms with E-state index in [-0.39, 0.29) is 6.10 Å². The maximum atomic E-state index is 9.30. The molecule has 0 aliphatic heterocycles. The quantitative estimate of drug-likeness (QED) is 0.527. The molecule has 1 N–H and O–H groups in total. The summed E-state index contributed by atoms with van der Waals surface area (Å²) >= 11 is 0. The lowest BCUT2D eigenvalue weighted by atomic mass is 9.81. The summed E-state index contributed by atoms with van der Waals surface area (Å²) in [5.74, 6) is 1.37. The van der Waals surface area contributed by atoms with Gasteiger partial charge in [-0.15, -0.1) is 0 Å². The van der Waals surface area contributed by atoms with Crippen LogP contribution in [0.1, 0.15) is 33.1 Å². The molecular formula is C8H16O. The molecule has 9 heavy (non-hydrogen) atoms. The predicted molar refractivity (Wildman–Crippen MR) is 38.2 cm³/mol. The first-order valence-corrected chi connectivity index (χ1v) is 3.88. The molecule has 0 amide bonds. The molecule has 54 valence electrons. The first kappa shape index (κ1) is 7.07. The third-order valence-corrected chi connectivity index (χ3v) is 2.39. The van der Waals surface area contributed by atoms with Gasteiger partial charge in [-0.2, -0.15) is 0 Å². The Bertz CT molecular complexity index is 90.6. The fourth-order valence-electron chi connectivity index (χ4n) is 1.65. The zero-order valence-corrected chi connectivity index (χ0v) is 6.30. The fourth-order valence-corrected chi connectivity index (χ4v) is 1.65. The molecule has 0 heterocycles. The van der Waals surface area contributed by atoms with Crippen LogP contribution in [0.3, 0.4) is 0 Å². The van der Waals surface area contributed by atoms with E-state index in [0.717, 1.165) is 12.3 Å². The molecular weight excluding hydrogens is 112 g/mol. The van der Waals surface area contributed by atoms with E-state index in [1.807, 2.05) is 0 Å². The van der Waals surface area contributed by atoms with E-state index in [0.29, 0.717) is 5.92 Å². The summed E-state index contributed by atoms with van der Waals surface area (Å²) in [5.41, 5.74) is 0. The zero-order chi connectivity index (χ0) is 6.85. The van der Waals surface area contributed by atoms with E-state index in [9.17, 15) is 5.11 Å². The minimum atomic E-state index is -0.0128. The molecule has 1 heteroatoms. The summed E-state index contributed by atoms with van der Waals surface area (Å²) in [6.07, 6.45) is 3.43. The molecule has 0 radical (unpaired) electrons. The minimum Gasteiger partial charge on any atom is -0.393 e. The van der Waals surface area contributed by atoms with Crippen molar-refractivity contribution in [2.45, 2.75) is 39.2 Å². The van der Waals surface area contributed by atoms with E-state index in [2.05, 4.69) is 13.8 Å². The van der Waals surface area contributed by atoms with Crippen molar-refractivity contribution in [2.24, 2.45) is 11.8 Å². The lowest BCUT2D eigenvalue weighted by Gasteiger charge is -2.28. The van der Waals surface area contributed by atoms with Crippen LogP contribution in [0.15, 0.2) is 0 Å². The number of aliphatic hydroxyl groups excluding tert-OH is 1. The van der Waals surface area contributed by atoms with Gasteiger partial charge in [0.15, 0.2) is 0 Å². The maximum Gasteiger partial charge on any atom is 0.0566 e. The van der Waals surface area contributed by atoms with Crippen LogP contribution < -0.4 is 0 Å². The molecule has 0 spiro atoms. The second kappa shape index (κ2) is 2.70. The minimum absolute atomic E-state index is 0.0128. The third kappa shape index (κ3) is 1.68.